The van der Waals surface area contributed by atoms with Gasteiger partial charge in [0, 0.05) is 25.7 Å². The van der Waals surface area contributed by atoms with Gasteiger partial charge in [-0.2, -0.15) is 8.42 Å². The van der Waals surface area contributed by atoms with Gasteiger partial charge in [-0.15, -0.1) is 0 Å². The van der Waals surface area contributed by atoms with Crippen LogP contribution in [0.2, 0.25) is 0 Å². The fraction of sp³-hybridized carbons (Fsp3) is 1.00. The average Bonchev–Trinajstić information content (AvgIpc) is 2.04. The summed E-state index contributed by atoms with van der Waals surface area (Å²) in [4.78, 5) is 0. The molecule has 1 saturated heterocycles. The van der Waals surface area contributed by atoms with Crippen molar-refractivity contribution in [2.75, 3.05) is 32.5 Å². The lowest BCUT2D eigenvalue weighted by molar-refractivity contribution is 0.279. The highest BCUT2D eigenvalue weighted by Crippen LogP contribution is 1.96. The number of hydrogen-bond acceptors (Lipinski definition) is 5. The Hall–Kier alpha value is -0.170. The summed E-state index contributed by atoms with van der Waals surface area (Å²) in [6.45, 7) is 3.05. The van der Waals surface area contributed by atoms with Crippen LogP contribution in [0.3, 0.4) is 0 Å². The van der Waals surface area contributed by atoms with Gasteiger partial charge in [0.2, 0.25) is 0 Å². The zero-order valence-corrected chi connectivity index (χ0v) is 8.56. The fourth-order valence-corrected chi connectivity index (χ4v) is 1.66. The third-order valence-corrected chi connectivity index (χ3v) is 2.48. The summed E-state index contributed by atoms with van der Waals surface area (Å²) in [6.07, 6.45) is 1.79. The molecule has 1 heterocycles. The van der Waals surface area contributed by atoms with Crippen molar-refractivity contribution in [2.24, 2.45) is 0 Å². The van der Waals surface area contributed by atoms with Gasteiger partial charge >= 0.3 is 0 Å². The standard InChI is InChI=1S/C7H16N2O3S/c1-13(10,11)12-5-2-7-6-8-3-4-9-7/h7-9H,2-6H2,1H3/t7-/m1/s1. The first-order chi connectivity index (χ1) is 6.08. The Kier molecular flexibility index (Phi) is 4.11. The van der Waals surface area contributed by atoms with Gasteiger partial charge in [-0.1, -0.05) is 0 Å². The zero-order valence-electron chi connectivity index (χ0n) is 7.75. The van der Waals surface area contributed by atoms with Gasteiger partial charge in [0.15, 0.2) is 0 Å². The lowest BCUT2D eigenvalue weighted by atomic mass is 10.2. The third-order valence-electron chi connectivity index (χ3n) is 1.89. The highest BCUT2D eigenvalue weighted by molar-refractivity contribution is 7.85. The Labute approximate surface area is 79.0 Å². The van der Waals surface area contributed by atoms with Gasteiger partial charge in [-0.25, -0.2) is 0 Å². The maximum absolute atomic E-state index is 10.6. The SMILES string of the molecule is CS(=O)(=O)OCC[C@@H]1CNCCN1. The van der Waals surface area contributed by atoms with Crippen LogP contribution in [0.25, 0.3) is 0 Å². The van der Waals surface area contributed by atoms with E-state index in [1.165, 1.54) is 0 Å². The van der Waals surface area contributed by atoms with Crippen LogP contribution in [0.15, 0.2) is 0 Å². The minimum Gasteiger partial charge on any atom is -0.314 e. The summed E-state index contributed by atoms with van der Waals surface area (Å²) in [5.41, 5.74) is 0. The molecule has 0 radical (unpaired) electrons. The molecule has 0 bridgehead atoms. The summed E-state index contributed by atoms with van der Waals surface area (Å²) in [7, 11) is -3.27. The summed E-state index contributed by atoms with van der Waals surface area (Å²) in [5.74, 6) is 0. The molecule has 1 rings (SSSR count). The molecule has 0 spiro atoms. The maximum atomic E-state index is 10.6. The summed E-state index contributed by atoms with van der Waals surface area (Å²) < 4.78 is 25.9. The normalized spacial score (nSPS) is 24.5. The van der Waals surface area contributed by atoms with Crippen molar-refractivity contribution in [3.05, 3.63) is 0 Å². The molecule has 1 fully saturated rings. The Morgan fingerprint density at radius 1 is 1.46 bits per heavy atom. The van der Waals surface area contributed by atoms with Crippen molar-refractivity contribution in [1.82, 2.24) is 10.6 Å². The molecule has 0 aromatic rings. The van der Waals surface area contributed by atoms with Crippen molar-refractivity contribution < 1.29 is 12.6 Å². The highest BCUT2D eigenvalue weighted by Gasteiger charge is 2.12. The van der Waals surface area contributed by atoms with Crippen molar-refractivity contribution in [3.8, 4) is 0 Å². The minimum absolute atomic E-state index is 0.262. The van der Waals surface area contributed by atoms with E-state index in [1.807, 2.05) is 0 Å². The second kappa shape index (κ2) is 4.90. The Balaban J connectivity index is 2.11. The fourth-order valence-electron chi connectivity index (χ4n) is 1.26. The van der Waals surface area contributed by atoms with Gasteiger partial charge in [0.25, 0.3) is 10.1 Å². The predicted molar refractivity (Wildman–Crippen MR) is 50.1 cm³/mol. The van der Waals surface area contributed by atoms with Gasteiger partial charge < -0.3 is 10.6 Å². The predicted octanol–water partition coefficient (Wildman–Crippen LogP) is -1.09. The van der Waals surface area contributed by atoms with Crippen LogP contribution < -0.4 is 10.6 Å². The molecule has 0 aromatic heterocycles. The second-order valence-electron chi connectivity index (χ2n) is 3.17. The van der Waals surface area contributed by atoms with Crippen LogP contribution in [-0.4, -0.2) is 47.0 Å². The molecule has 0 saturated carbocycles. The lowest BCUT2D eigenvalue weighted by Gasteiger charge is -2.23. The van der Waals surface area contributed by atoms with Gasteiger partial charge in [0.1, 0.15) is 0 Å². The van der Waals surface area contributed by atoms with Gasteiger partial charge in [0.05, 0.1) is 12.9 Å². The van der Waals surface area contributed by atoms with Crippen LogP contribution in [0.5, 0.6) is 0 Å². The van der Waals surface area contributed by atoms with Gasteiger partial charge in [-0.05, 0) is 6.42 Å². The van der Waals surface area contributed by atoms with E-state index in [1.54, 1.807) is 0 Å². The van der Waals surface area contributed by atoms with Crippen molar-refractivity contribution >= 4 is 10.1 Å². The zero-order chi connectivity index (χ0) is 9.73. The quantitative estimate of drug-likeness (QED) is 0.575. The molecule has 1 aliphatic heterocycles. The van der Waals surface area contributed by atoms with Crippen LogP contribution in [-0.2, 0) is 14.3 Å². The molecule has 2 N–H and O–H groups in total. The topological polar surface area (TPSA) is 67.4 Å². The summed E-state index contributed by atoms with van der Waals surface area (Å²) in [5, 5.41) is 6.48. The first kappa shape index (κ1) is 10.9. The number of rotatable bonds is 4. The molecule has 0 aromatic carbocycles. The molecule has 0 amide bonds. The highest BCUT2D eigenvalue weighted by atomic mass is 32.2. The first-order valence-electron chi connectivity index (χ1n) is 4.36. The van der Waals surface area contributed by atoms with Crippen LogP contribution in [0, 0.1) is 0 Å². The van der Waals surface area contributed by atoms with Crippen molar-refractivity contribution in [3.63, 3.8) is 0 Å². The minimum atomic E-state index is -3.27. The van der Waals surface area contributed by atoms with E-state index >= 15 is 0 Å². The Morgan fingerprint density at radius 3 is 2.77 bits per heavy atom. The van der Waals surface area contributed by atoms with E-state index in [4.69, 9.17) is 0 Å². The molecule has 0 aliphatic carbocycles. The summed E-state index contributed by atoms with van der Waals surface area (Å²) in [6, 6.07) is 0.329. The molecule has 6 heteroatoms. The van der Waals surface area contributed by atoms with Crippen molar-refractivity contribution in [2.45, 2.75) is 12.5 Å². The van der Waals surface area contributed by atoms with Crippen LogP contribution in [0.4, 0.5) is 0 Å². The molecule has 13 heavy (non-hydrogen) atoms. The maximum Gasteiger partial charge on any atom is 0.264 e. The van der Waals surface area contributed by atoms with Crippen molar-refractivity contribution in [1.29, 1.82) is 0 Å². The number of nitrogens with one attached hydrogen (secondary N) is 2. The smallest absolute Gasteiger partial charge is 0.264 e. The van der Waals surface area contributed by atoms with E-state index in [-0.39, 0.29) is 6.61 Å². The van der Waals surface area contributed by atoms with E-state index < -0.39 is 10.1 Å². The second-order valence-corrected chi connectivity index (χ2v) is 4.81. The molecule has 1 aliphatic rings. The Bertz CT molecular complexity index is 234. The number of piperazine rings is 1. The van der Waals surface area contributed by atoms with Crippen LogP contribution >= 0.6 is 0 Å². The third kappa shape index (κ3) is 5.20. The molecule has 0 unspecified atom stereocenters. The van der Waals surface area contributed by atoms with Crippen LogP contribution in [0.1, 0.15) is 6.42 Å². The molecule has 78 valence electrons. The molecular weight excluding hydrogens is 192 g/mol. The lowest BCUT2D eigenvalue weighted by Crippen LogP contribution is -2.48. The first-order valence-corrected chi connectivity index (χ1v) is 6.18. The van der Waals surface area contributed by atoms with Gasteiger partial charge in [-0.3, -0.25) is 4.18 Å². The summed E-state index contributed by atoms with van der Waals surface area (Å²) >= 11 is 0. The molecule has 5 nitrogen and oxygen atoms in total. The average molecular weight is 208 g/mol. The molecule has 1 atom stereocenters. The molecular formula is C7H16N2O3S. The van der Waals surface area contributed by atoms with E-state index in [9.17, 15) is 8.42 Å². The largest absolute Gasteiger partial charge is 0.314 e. The van der Waals surface area contributed by atoms with E-state index in [0.29, 0.717) is 6.04 Å². The monoisotopic (exact) mass is 208 g/mol. The van der Waals surface area contributed by atoms with E-state index in [0.717, 1.165) is 32.3 Å². The van der Waals surface area contributed by atoms with E-state index in [2.05, 4.69) is 14.8 Å². The number of hydrogen-bond donors (Lipinski definition) is 2. The Morgan fingerprint density at radius 2 is 2.23 bits per heavy atom.